The van der Waals surface area contributed by atoms with Gasteiger partial charge in [-0.25, -0.2) is 8.57 Å². The normalized spacial score (nSPS) is 14.1. The molecule has 4 nitrogen and oxygen atoms in total. The van der Waals surface area contributed by atoms with Crippen molar-refractivity contribution in [3.05, 3.63) is 60.5 Å². The number of rotatable bonds is 3. The second-order valence-electron chi connectivity index (χ2n) is 4.50. The highest BCUT2D eigenvalue weighted by Crippen LogP contribution is 2.18. The zero-order valence-corrected chi connectivity index (χ0v) is 11.8. The molecule has 1 aromatic carbocycles. The number of furan rings is 1. The van der Waals surface area contributed by atoms with Crippen LogP contribution in [0.2, 0.25) is 0 Å². The maximum absolute atomic E-state index is 12.6. The van der Waals surface area contributed by atoms with Crippen molar-refractivity contribution >= 4 is 20.8 Å². The van der Waals surface area contributed by atoms with Crippen LogP contribution < -0.4 is 0 Å². The molecule has 1 atom stereocenters. The summed E-state index contributed by atoms with van der Waals surface area (Å²) in [5.74, 6) is 0.671. The van der Waals surface area contributed by atoms with Crippen molar-refractivity contribution in [2.24, 2.45) is 4.36 Å². The van der Waals surface area contributed by atoms with E-state index in [-0.39, 0.29) is 6.54 Å². The summed E-state index contributed by atoms with van der Waals surface area (Å²) < 4.78 is 22.5. The molecule has 0 radical (unpaired) electrons. The maximum Gasteiger partial charge on any atom is 0.152 e. The quantitative estimate of drug-likeness (QED) is 0.740. The van der Waals surface area contributed by atoms with Gasteiger partial charge in [0.15, 0.2) is 5.58 Å². The van der Waals surface area contributed by atoms with E-state index in [1.807, 2.05) is 48.5 Å². The van der Waals surface area contributed by atoms with Crippen LogP contribution in [-0.2, 0) is 16.3 Å². The van der Waals surface area contributed by atoms with Crippen LogP contribution in [0.5, 0.6) is 0 Å². The minimum atomic E-state index is -2.40. The van der Waals surface area contributed by atoms with E-state index in [1.54, 1.807) is 12.5 Å². The second kappa shape index (κ2) is 5.09. The van der Waals surface area contributed by atoms with Gasteiger partial charge in [0.25, 0.3) is 0 Å². The number of pyridine rings is 1. The zero-order chi connectivity index (χ0) is 14.0. The van der Waals surface area contributed by atoms with Crippen molar-refractivity contribution in [3.63, 3.8) is 0 Å². The lowest BCUT2D eigenvalue weighted by Crippen LogP contribution is -1.97. The van der Waals surface area contributed by atoms with E-state index in [9.17, 15) is 4.21 Å². The first-order chi connectivity index (χ1) is 9.65. The summed E-state index contributed by atoms with van der Waals surface area (Å²) in [5, 5.41) is 0. The van der Waals surface area contributed by atoms with Crippen molar-refractivity contribution in [3.8, 4) is 0 Å². The van der Waals surface area contributed by atoms with Gasteiger partial charge in [-0.3, -0.25) is 4.98 Å². The van der Waals surface area contributed by atoms with Crippen LogP contribution in [0.1, 0.15) is 5.76 Å². The van der Waals surface area contributed by atoms with Gasteiger partial charge in [0.1, 0.15) is 17.8 Å². The van der Waals surface area contributed by atoms with Crippen molar-refractivity contribution in [1.29, 1.82) is 0 Å². The minimum absolute atomic E-state index is 0.278. The minimum Gasteiger partial charge on any atom is -0.457 e. The van der Waals surface area contributed by atoms with Crippen LogP contribution in [0.25, 0.3) is 11.1 Å². The Morgan fingerprint density at radius 1 is 1.20 bits per heavy atom. The van der Waals surface area contributed by atoms with Gasteiger partial charge in [-0.15, -0.1) is 0 Å². The van der Waals surface area contributed by atoms with E-state index in [4.69, 9.17) is 4.42 Å². The Labute approximate surface area is 117 Å². The van der Waals surface area contributed by atoms with Gasteiger partial charge in [-0.05, 0) is 24.3 Å². The molecule has 2 heterocycles. The standard InChI is InChI=1S/C15H14N2O2S/c1-20(18,13-6-3-2-4-7-13)17-11-12-10-14-15(19-12)8-5-9-16-14/h2-10H,11H2,1H3. The summed E-state index contributed by atoms with van der Waals surface area (Å²) in [4.78, 5) is 4.93. The van der Waals surface area contributed by atoms with Gasteiger partial charge in [-0.1, -0.05) is 18.2 Å². The van der Waals surface area contributed by atoms with Gasteiger partial charge in [0, 0.05) is 23.4 Å². The number of aromatic nitrogens is 1. The molecule has 5 heteroatoms. The Bertz CT molecular complexity index is 813. The van der Waals surface area contributed by atoms with E-state index in [2.05, 4.69) is 9.35 Å². The summed E-state index contributed by atoms with van der Waals surface area (Å²) in [7, 11) is -2.40. The van der Waals surface area contributed by atoms with Gasteiger partial charge in [0.2, 0.25) is 0 Å². The number of nitrogens with zero attached hydrogens (tertiary/aromatic N) is 2. The molecule has 2 aromatic heterocycles. The molecule has 0 spiro atoms. The van der Waals surface area contributed by atoms with Gasteiger partial charge < -0.3 is 4.42 Å². The predicted molar refractivity (Wildman–Crippen MR) is 78.9 cm³/mol. The van der Waals surface area contributed by atoms with E-state index in [0.29, 0.717) is 5.76 Å². The molecule has 0 fully saturated rings. The lowest BCUT2D eigenvalue weighted by atomic mass is 10.4. The van der Waals surface area contributed by atoms with Crippen LogP contribution >= 0.6 is 0 Å². The summed E-state index contributed by atoms with van der Waals surface area (Å²) >= 11 is 0. The fourth-order valence-electron chi connectivity index (χ4n) is 1.93. The molecule has 1 unspecified atom stereocenters. The lowest BCUT2D eigenvalue weighted by Gasteiger charge is -2.03. The van der Waals surface area contributed by atoms with E-state index in [1.165, 1.54) is 0 Å². The number of hydrogen-bond acceptors (Lipinski definition) is 4. The van der Waals surface area contributed by atoms with Crippen LogP contribution in [0, 0.1) is 0 Å². The molecule has 3 aromatic rings. The third-order valence-corrected chi connectivity index (χ3v) is 4.75. The van der Waals surface area contributed by atoms with Crippen molar-refractivity contribution in [1.82, 2.24) is 4.98 Å². The molecule has 0 aliphatic carbocycles. The lowest BCUT2D eigenvalue weighted by molar-refractivity contribution is 0.552. The van der Waals surface area contributed by atoms with Crippen molar-refractivity contribution in [2.45, 2.75) is 11.4 Å². The highest BCUT2D eigenvalue weighted by Gasteiger charge is 2.07. The fraction of sp³-hybridized carbons (Fsp3) is 0.133. The molecule has 102 valence electrons. The first-order valence-corrected chi connectivity index (χ1v) is 8.14. The number of hydrogen-bond donors (Lipinski definition) is 0. The summed E-state index contributed by atoms with van der Waals surface area (Å²) in [6, 6.07) is 14.8. The Morgan fingerprint density at radius 3 is 2.75 bits per heavy atom. The molecule has 0 aliphatic heterocycles. The SMILES string of the molecule is CS(=O)(=NCc1cc2ncccc2o1)c1ccccc1. The second-order valence-corrected chi connectivity index (χ2v) is 6.84. The topological polar surface area (TPSA) is 55.5 Å². The van der Waals surface area contributed by atoms with Crippen molar-refractivity contribution < 1.29 is 8.63 Å². The monoisotopic (exact) mass is 286 g/mol. The van der Waals surface area contributed by atoms with Crippen LogP contribution in [0.3, 0.4) is 0 Å². The largest absolute Gasteiger partial charge is 0.457 e. The third-order valence-electron chi connectivity index (χ3n) is 2.99. The number of benzene rings is 1. The maximum atomic E-state index is 12.6. The molecule has 0 bridgehead atoms. The Kier molecular flexibility index (Phi) is 3.28. The smallest absolute Gasteiger partial charge is 0.152 e. The average molecular weight is 286 g/mol. The highest BCUT2D eigenvalue weighted by atomic mass is 32.2. The average Bonchev–Trinajstić information content (AvgIpc) is 2.89. The van der Waals surface area contributed by atoms with Crippen LogP contribution in [-0.4, -0.2) is 15.4 Å². The summed E-state index contributed by atoms with van der Waals surface area (Å²) in [6.45, 7) is 0.278. The first kappa shape index (κ1) is 12.9. The van der Waals surface area contributed by atoms with E-state index >= 15 is 0 Å². The summed E-state index contributed by atoms with van der Waals surface area (Å²) in [6.07, 6.45) is 3.36. The van der Waals surface area contributed by atoms with E-state index in [0.717, 1.165) is 16.0 Å². The molecule has 0 saturated heterocycles. The zero-order valence-electron chi connectivity index (χ0n) is 11.0. The molecular formula is C15H14N2O2S. The first-order valence-electron chi connectivity index (χ1n) is 6.21. The third kappa shape index (κ3) is 2.58. The van der Waals surface area contributed by atoms with Crippen LogP contribution in [0.4, 0.5) is 0 Å². The molecule has 0 saturated carbocycles. The Morgan fingerprint density at radius 2 is 2.00 bits per heavy atom. The molecule has 0 N–H and O–H groups in total. The van der Waals surface area contributed by atoms with Crippen molar-refractivity contribution in [2.75, 3.05) is 6.26 Å². The summed E-state index contributed by atoms with van der Waals surface area (Å²) in [5.41, 5.74) is 1.51. The predicted octanol–water partition coefficient (Wildman–Crippen LogP) is 3.48. The van der Waals surface area contributed by atoms with Crippen LogP contribution in [0.15, 0.2) is 68.4 Å². The molecule has 0 aliphatic rings. The Hall–Kier alpha value is -2.14. The molecule has 0 amide bonds. The molecule has 3 rings (SSSR count). The van der Waals surface area contributed by atoms with Gasteiger partial charge >= 0.3 is 0 Å². The highest BCUT2D eigenvalue weighted by molar-refractivity contribution is 7.93. The van der Waals surface area contributed by atoms with E-state index < -0.39 is 9.73 Å². The molecule has 20 heavy (non-hydrogen) atoms. The van der Waals surface area contributed by atoms with Gasteiger partial charge in [-0.2, -0.15) is 0 Å². The Balaban J connectivity index is 1.91. The fourth-order valence-corrected chi connectivity index (χ4v) is 3.12. The van der Waals surface area contributed by atoms with Gasteiger partial charge in [0.05, 0.1) is 9.73 Å². The molecular weight excluding hydrogens is 272 g/mol. The number of fused-ring (bicyclic) bond motifs is 1.